The van der Waals surface area contributed by atoms with Crippen LogP contribution in [0.5, 0.6) is 0 Å². The predicted octanol–water partition coefficient (Wildman–Crippen LogP) is 1.78. The van der Waals surface area contributed by atoms with Crippen molar-refractivity contribution in [2.45, 2.75) is 51.5 Å². The molecular weight excluding hydrogens is 200 g/mol. The van der Waals surface area contributed by atoms with Crippen LogP contribution in [0.1, 0.15) is 45.4 Å². The monoisotopic (exact) mass is 224 g/mol. The molecule has 1 saturated carbocycles. The van der Waals surface area contributed by atoms with Crippen molar-refractivity contribution in [3.63, 3.8) is 0 Å². The maximum atomic E-state index is 12.1. The van der Waals surface area contributed by atoms with Gasteiger partial charge in [0.1, 0.15) is 0 Å². The Morgan fingerprint density at radius 3 is 2.75 bits per heavy atom. The minimum absolute atomic E-state index is 0.373. The molecule has 0 aromatic carbocycles. The zero-order chi connectivity index (χ0) is 11.4. The third kappa shape index (κ3) is 3.21. The van der Waals surface area contributed by atoms with Gasteiger partial charge in [-0.2, -0.15) is 0 Å². The van der Waals surface area contributed by atoms with Gasteiger partial charge in [0, 0.05) is 25.0 Å². The summed E-state index contributed by atoms with van der Waals surface area (Å²) in [7, 11) is 0. The average Bonchev–Trinajstić information content (AvgIpc) is 3.02. The number of carbonyl (C=O) groups excluding carboxylic acids is 1. The first-order valence-electron chi connectivity index (χ1n) is 6.83. The van der Waals surface area contributed by atoms with Crippen LogP contribution in [-0.2, 0) is 4.79 Å². The van der Waals surface area contributed by atoms with Crippen LogP contribution in [-0.4, -0.2) is 36.5 Å². The SMILES string of the molecule is CCCCN(CC1CCCN1)C(=O)C1CC1. The average molecular weight is 224 g/mol. The summed E-state index contributed by atoms with van der Waals surface area (Å²) in [5.41, 5.74) is 0. The van der Waals surface area contributed by atoms with Gasteiger partial charge in [-0.05, 0) is 38.6 Å². The largest absolute Gasteiger partial charge is 0.341 e. The Morgan fingerprint density at radius 2 is 2.19 bits per heavy atom. The van der Waals surface area contributed by atoms with E-state index >= 15 is 0 Å². The van der Waals surface area contributed by atoms with Gasteiger partial charge in [0.25, 0.3) is 0 Å². The van der Waals surface area contributed by atoms with Crippen molar-refractivity contribution >= 4 is 5.91 Å². The molecule has 16 heavy (non-hydrogen) atoms. The van der Waals surface area contributed by atoms with E-state index in [-0.39, 0.29) is 0 Å². The minimum Gasteiger partial charge on any atom is -0.341 e. The third-order valence-electron chi connectivity index (χ3n) is 3.62. The number of rotatable bonds is 6. The van der Waals surface area contributed by atoms with Crippen molar-refractivity contribution in [2.24, 2.45) is 5.92 Å². The summed E-state index contributed by atoms with van der Waals surface area (Å²) in [6.07, 6.45) is 7.07. The molecule has 1 N–H and O–H groups in total. The quantitative estimate of drug-likeness (QED) is 0.746. The van der Waals surface area contributed by atoms with Gasteiger partial charge < -0.3 is 10.2 Å². The fourth-order valence-electron chi connectivity index (χ4n) is 2.41. The first-order valence-corrected chi connectivity index (χ1v) is 6.83. The molecule has 1 aliphatic carbocycles. The Morgan fingerprint density at radius 1 is 1.38 bits per heavy atom. The van der Waals surface area contributed by atoms with E-state index in [4.69, 9.17) is 0 Å². The lowest BCUT2D eigenvalue weighted by atomic mass is 10.2. The molecule has 0 spiro atoms. The Labute approximate surface area is 98.6 Å². The van der Waals surface area contributed by atoms with Crippen LogP contribution in [0.2, 0.25) is 0 Å². The van der Waals surface area contributed by atoms with Gasteiger partial charge in [0.2, 0.25) is 5.91 Å². The van der Waals surface area contributed by atoms with Crippen LogP contribution >= 0.6 is 0 Å². The van der Waals surface area contributed by atoms with Crippen LogP contribution in [0, 0.1) is 5.92 Å². The summed E-state index contributed by atoms with van der Waals surface area (Å²) in [6.45, 7) is 5.22. The number of amides is 1. The molecule has 92 valence electrons. The molecule has 0 bridgehead atoms. The zero-order valence-corrected chi connectivity index (χ0v) is 10.4. The van der Waals surface area contributed by atoms with Crippen LogP contribution < -0.4 is 5.32 Å². The molecule has 1 heterocycles. The lowest BCUT2D eigenvalue weighted by Gasteiger charge is -2.26. The van der Waals surface area contributed by atoms with Crippen LogP contribution in [0.4, 0.5) is 0 Å². The lowest BCUT2D eigenvalue weighted by Crippen LogP contribution is -2.42. The summed E-state index contributed by atoms with van der Waals surface area (Å²) in [6, 6.07) is 0.555. The van der Waals surface area contributed by atoms with Gasteiger partial charge in [-0.3, -0.25) is 4.79 Å². The Hall–Kier alpha value is -0.570. The summed E-state index contributed by atoms with van der Waals surface area (Å²) < 4.78 is 0. The molecular formula is C13H24N2O. The molecule has 1 aliphatic heterocycles. The van der Waals surface area contributed by atoms with Crippen LogP contribution in [0.25, 0.3) is 0 Å². The number of nitrogens with zero attached hydrogens (tertiary/aromatic N) is 1. The highest BCUT2D eigenvalue weighted by atomic mass is 16.2. The van der Waals surface area contributed by atoms with Crippen molar-refractivity contribution in [1.82, 2.24) is 10.2 Å². The molecule has 2 fully saturated rings. The fourth-order valence-corrected chi connectivity index (χ4v) is 2.41. The van der Waals surface area contributed by atoms with Crippen molar-refractivity contribution in [3.8, 4) is 0 Å². The molecule has 1 amide bonds. The van der Waals surface area contributed by atoms with E-state index < -0.39 is 0 Å². The van der Waals surface area contributed by atoms with Gasteiger partial charge in [-0.25, -0.2) is 0 Å². The topological polar surface area (TPSA) is 32.3 Å². The predicted molar refractivity (Wildman–Crippen MR) is 65.2 cm³/mol. The zero-order valence-electron chi connectivity index (χ0n) is 10.4. The van der Waals surface area contributed by atoms with E-state index in [0.717, 1.165) is 38.9 Å². The van der Waals surface area contributed by atoms with Crippen molar-refractivity contribution < 1.29 is 4.79 Å². The second kappa shape index (κ2) is 5.67. The molecule has 1 saturated heterocycles. The lowest BCUT2D eigenvalue weighted by molar-refractivity contribution is -0.133. The Kier molecular flexibility index (Phi) is 4.22. The fraction of sp³-hybridized carbons (Fsp3) is 0.923. The van der Waals surface area contributed by atoms with E-state index in [2.05, 4.69) is 17.1 Å². The van der Waals surface area contributed by atoms with E-state index in [9.17, 15) is 4.79 Å². The third-order valence-corrected chi connectivity index (χ3v) is 3.62. The smallest absolute Gasteiger partial charge is 0.225 e. The molecule has 2 rings (SSSR count). The highest BCUT2D eigenvalue weighted by molar-refractivity contribution is 5.81. The Balaban J connectivity index is 1.82. The maximum Gasteiger partial charge on any atom is 0.225 e. The summed E-state index contributed by atoms with van der Waals surface area (Å²) in [4.78, 5) is 14.2. The highest BCUT2D eigenvalue weighted by Gasteiger charge is 2.34. The molecule has 0 radical (unpaired) electrons. The normalized spacial score (nSPS) is 24.7. The molecule has 0 aromatic heterocycles. The summed E-state index contributed by atoms with van der Waals surface area (Å²) >= 11 is 0. The maximum absolute atomic E-state index is 12.1. The van der Waals surface area contributed by atoms with E-state index in [1.807, 2.05) is 0 Å². The first kappa shape index (κ1) is 11.9. The van der Waals surface area contributed by atoms with Crippen LogP contribution in [0.15, 0.2) is 0 Å². The summed E-state index contributed by atoms with van der Waals surface area (Å²) in [5.74, 6) is 0.792. The Bertz CT molecular complexity index is 232. The summed E-state index contributed by atoms with van der Waals surface area (Å²) in [5, 5.41) is 3.48. The van der Waals surface area contributed by atoms with Crippen molar-refractivity contribution in [2.75, 3.05) is 19.6 Å². The van der Waals surface area contributed by atoms with E-state index in [0.29, 0.717) is 17.9 Å². The second-order valence-electron chi connectivity index (χ2n) is 5.21. The van der Waals surface area contributed by atoms with Gasteiger partial charge >= 0.3 is 0 Å². The molecule has 2 aliphatic rings. The van der Waals surface area contributed by atoms with Gasteiger partial charge in [0.15, 0.2) is 0 Å². The molecule has 1 unspecified atom stereocenters. The van der Waals surface area contributed by atoms with Crippen molar-refractivity contribution in [1.29, 1.82) is 0 Å². The number of hydrogen-bond acceptors (Lipinski definition) is 2. The van der Waals surface area contributed by atoms with Gasteiger partial charge in [0.05, 0.1) is 0 Å². The number of carbonyl (C=O) groups is 1. The molecule has 3 nitrogen and oxygen atoms in total. The number of nitrogens with one attached hydrogen (secondary N) is 1. The van der Waals surface area contributed by atoms with E-state index in [1.165, 1.54) is 19.3 Å². The first-order chi connectivity index (χ1) is 7.81. The van der Waals surface area contributed by atoms with Gasteiger partial charge in [-0.1, -0.05) is 13.3 Å². The number of unbranched alkanes of at least 4 members (excludes halogenated alkanes) is 1. The minimum atomic E-state index is 0.373. The molecule has 0 aromatic rings. The standard InChI is InChI=1S/C13H24N2O/c1-2-3-9-15(13(16)11-6-7-11)10-12-5-4-8-14-12/h11-12,14H,2-10H2,1H3. The number of hydrogen-bond donors (Lipinski definition) is 1. The van der Waals surface area contributed by atoms with E-state index in [1.54, 1.807) is 0 Å². The van der Waals surface area contributed by atoms with Crippen LogP contribution in [0.3, 0.4) is 0 Å². The second-order valence-corrected chi connectivity index (χ2v) is 5.21. The van der Waals surface area contributed by atoms with Gasteiger partial charge in [-0.15, -0.1) is 0 Å². The highest BCUT2D eigenvalue weighted by Crippen LogP contribution is 2.31. The van der Waals surface area contributed by atoms with Crippen molar-refractivity contribution in [3.05, 3.63) is 0 Å². The molecule has 3 heteroatoms. The molecule has 1 atom stereocenters.